The van der Waals surface area contributed by atoms with E-state index in [4.69, 9.17) is 6.42 Å². The third-order valence-corrected chi connectivity index (χ3v) is 7.10. The van der Waals surface area contributed by atoms with E-state index in [1.165, 1.54) is 11.1 Å². The fourth-order valence-electron chi connectivity index (χ4n) is 5.82. The van der Waals surface area contributed by atoms with E-state index in [1.54, 1.807) is 0 Å². The highest BCUT2D eigenvalue weighted by Gasteiger charge is 2.61. The van der Waals surface area contributed by atoms with Gasteiger partial charge in [0, 0.05) is 5.41 Å². The summed E-state index contributed by atoms with van der Waals surface area (Å²) in [4.78, 5) is 0. The Bertz CT molecular complexity index is 658. The molecule has 0 amide bonds. The first-order valence-electron chi connectivity index (χ1n) is 8.50. The smallest absolute Gasteiger partial charge is 0.130 e. The molecule has 0 radical (unpaired) electrons. The highest BCUT2D eigenvalue weighted by atomic mass is 16.3. The maximum absolute atomic E-state index is 10.9. The van der Waals surface area contributed by atoms with Crippen molar-refractivity contribution in [3.63, 3.8) is 0 Å². The lowest BCUT2D eigenvalue weighted by molar-refractivity contribution is -0.0646. The number of phenols is 1. The van der Waals surface area contributed by atoms with Crippen LogP contribution in [0.5, 0.6) is 5.75 Å². The number of hydrogen-bond acceptors (Lipinski definition) is 2. The lowest BCUT2D eigenvalue weighted by atomic mass is 9.53. The summed E-state index contributed by atoms with van der Waals surface area (Å²) >= 11 is 0. The molecule has 1 aromatic rings. The van der Waals surface area contributed by atoms with Crippen LogP contribution in [0.15, 0.2) is 18.2 Å². The largest absolute Gasteiger partial charge is 0.508 e. The molecule has 22 heavy (non-hydrogen) atoms. The molecule has 2 N–H and O–H groups in total. The number of hydrogen-bond donors (Lipinski definition) is 2. The van der Waals surface area contributed by atoms with Crippen molar-refractivity contribution in [2.75, 3.05) is 0 Å². The predicted octanol–water partition coefficient (Wildman–Crippen LogP) is 3.61. The van der Waals surface area contributed by atoms with Gasteiger partial charge in [0.15, 0.2) is 0 Å². The van der Waals surface area contributed by atoms with Gasteiger partial charge in [0.05, 0.1) is 0 Å². The van der Waals surface area contributed by atoms with Gasteiger partial charge in [0.1, 0.15) is 11.4 Å². The van der Waals surface area contributed by atoms with Crippen LogP contribution in [-0.4, -0.2) is 15.8 Å². The number of fused-ring (bicyclic) bond motifs is 5. The monoisotopic (exact) mass is 296 g/mol. The molecule has 4 rings (SSSR count). The van der Waals surface area contributed by atoms with Gasteiger partial charge in [-0.15, -0.1) is 6.42 Å². The minimum atomic E-state index is -0.919. The number of terminal acetylenes is 1. The van der Waals surface area contributed by atoms with Gasteiger partial charge in [-0.3, -0.25) is 0 Å². The first-order valence-corrected chi connectivity index (χ1v) is 8.50. The van der Waals surface area contributed by atoms with Gasteiger partial charge >= 0.3 is 0 Å². The second-order valence-corrected chi connectivity index (χ2v) is 7.80. The lowest BCUT2D eigenvalue weighted by Crippen LogP contribution is -2.50. The van der Waals surface area contributed by atoms with E-state index in [-0.39, 0.29) is 5.41 Å². The van der Waals surface area contributed by atoms with Crippen LogP contribution in [0.2, 0.25) is 0 Å². The standard InChI is InChI=1S/C20H24O2/c1-3-20(22)11-9-18-17-6-4-13-12-14(21)5-7-15(13)16(17)8-10-19(18,20)2/h1,5,7,12,16-18,21-22H,4,6,8-11H2,2H3/t16-,17-,18-,19-,20+/m0/s1. The van der Waals surface area contributed by atoms with E-state index in [0.717, 1.165) is 38.5 Å². The Kier molecular flexibility index (Phi) is 2.91. The molecule has 5 atom stereocenters. The van der Waals surface area contributed by atoms with Crippen LogP contribution in [0.25, 0.3) is 0 Å². The van der Waals surface area contributed by atoms with Crippen molar-refractivity contribution in [3.05, 3.63) is 29.3 Å². The quantitative estimate of drug-likeness (QED) is 0.718. The van der Waals surface area contributed by atoms with Gasteiger partial charge in [-0.25, -0.2) is 0 Å². The number of aliphatic hydroxyl groups is 1. The number of phenolic OH excluding ortho intramolecular Hbond substituents is 1. The van der Waals surface area contributed by atoms with Gasteiger partial charge in [0.25, 0.3) is 0 Å². The number of benzene rings is 1. The molecule has 2 heteroatoms. The zero-order chi connectivity index (χ0) is 15.5. The topological polar surface area (TPSA) is 40.5 Å². The molecule has 2 nitrogen and oxygen atoms in total. The van der Waals surface area contributed by atoms with Crippen LogP contribution in [0, 0.1) is 29.6 Å². The molecule has 3 aliphatic carbocycles. The van der Waals surface area contributed by atoms with Crippen molar-refractivity contribution in [2.24, 2.45) is 17.3 Å². The normalized spacial score (nSPS) is 42.9. The molecule has 0 saturated heterocycles. The van der Waals surface area contributed by atoms with Crippen LogP contribution in [-0.2, 0) is 6.42 Å². The van der Waals surface area contributed by atoms with Crippen molar-refractivity contribution in [1.29, 1.82) is 0 Å². The number of aryl methyl sites for hydroxylation is 1. The molecule has 2 saturated carbocycles. The van der Waals surface area contributed by atoms with E-state index in [2.05, 4.69) is 18.9 Å². The average molecular weight is 296 g/mol. The van der Waals surface area contributed by atoms with Crippen LogP contribution in [0.3, 0.4) is 0 Å². The summed E-state index contributed by atoms with van der Waals surface area (Å²) in [6.45, 7) is 2.22. The summed E-state index contributed by atoms with van der Waals surface area (Å²) in [6, 6.07) is 5.87. The summed E-state index contributed by atoms with van der Waals surface area (Å²) in [5.41, 5.74) is 1.69. The maximum atomic E-state index is 10.9. The van der Waals surface area contributed by atoms with Crippen molar-refractivity contribution in [2.45, 2.75) is 57.0 Å². The molecule has 0 bridgehead atoms. The van der Waals surface area contributed by atoms with Crippen molar-refractivity contribution in [3.8, 4) is 18.1 Å². The van der Waals surface area contributed by atoms with E-state index < -0.39 is 5.60 Å². The Balaban J connectivity index is 1.72. The van der Waals surface area contributed by atoms with Gasteiger partial charge < -0.3 is 10.2 Å². The third kappa shape index (κ3) is 1.66. The Morgan fingerprint density at radius 2 is 2.05 bits per heavy atom. The van der Waals surface area contributed by atoms with Crippen LogP contribution in [0.4, 0.5) is 0 Å². The summed E-state index contributed by atoms with van der Waals surface area (Å²) < 4.78 is 0. The minimum Gasteiger partial charge on any atom is -0.508 e. The summed E-state index contributed by atoms with van der Waals surface area (Å²) in [5, 5.41) is 20.6. The number of rotatable bonds is 0. The van der Waals surface area contributed by atoms with E-state index in [0.29, 0.717) is 23.5 Å². The summed E-state index contributed by atoms with van der Waals surface area (Å²) in [6.07, 6.45) is 11.8. The molecule has 2 fully saturated rings. The molecule has 3 aliphatic rings. The molecule has 0 spiro atoms. The van der Waals surface area contributed by atoms with Crippen molar-refractivity contribution < 1.29 is 10.2 Å². The third-order valence-electron chi connectivity index (χ3n) is 7.10. The van der Waals surface area contributed by atoms with E-state index in [9.17, 15) is 10.2 Å². The van der Waals surface area contributed by atoms with Crippen LogP contribution >= 0.6 is 0 Å². The Morgan fingerprint density at radius 1 is 1.23 bits per heavy atom. The molecule has 0 aromatic heterocycles. The molecule has 0 unspecified atom stereocenters. The Hall–Kier alpha value is -1.46. The van der Waals surface area contributed by atoms with Gasteiger partial charge in [-0.2, -0.15) is 0 Å². The molecule has 1 aromatic carbocycles. The Labute approximate surface area is 132 Å². The minimum absolute atomic E-state index is 0.128. The van der Waals surface area contributed by atoms with Gasteiger partial charge in [0.2, 0.25) is 0 Å². The average Bonchev–Trinajstić information content (AvgIpc) is 2.79. The SMILES string of the molecule is C#C[C@@]1(O)CC[C@H]2[C@H]3CCc4cc(O)ccc4[C@@H]3CC[C@@]21C. The molecular weight excluding hydrogens is 272 g/mol. The fourth-order valence-corrected chi connectivity index (χ4v) is 5.82. The predicted molar refractivity (Wildman–Crippen MR) is 86.5 cm³/mol. The Morgan fingerprint density at radius 3 is 2.82 bits per heavy atom. The van der Waals surface area contributed by atoms with E-state index >= 15 is 0 Å². The molecular formula is C20H24O2. The van der Waals surface area contributed by atoms with Crippen LogP contribution in [0.1, 0.15) is 56.1 Å². The maximum Gasteiger partial charge on any atom is 0.130 e. The first kappa shape index (κ1) is 14.2. The van der Waals surface area contributed by atoms with Crippen molar-refractivity contribution in [1.82, 2.24) is 0 Å². The second kappa shape index (κ2) is 4.52. The molecule has 116 valence electrons. The second-order valence-electron chi connectivity index (χ2n) is 7.80. The fraction of sp³-hybridized carbons (Fsp3) is 0.600. The highest BCUT2D eigenvalue weighted by Crippen LogP contribution is 2.64. The van der Waals surface area contributed by atoms with Gasteiger partial charge in [-0.1, -0.05) is 18.9 Å². The number of aromatic hydroxyl groups is 1. The van der Waals surface area contributed by atoms with Crippen LogP contribution < -0.4 is 0 Å². The van der Waals surface area contributed by atoms with Crippen molar-refractivity contribution >= 4 is 0 Å². The highest BCUT2D eigenvalue weighted by molar-refractivity contribution is 5.40. The lowest BCUT2D eigenvalue weighted by Gasteiger charge is -2.52. The molecule has 0 heterocycles. The zero-order valence-electron chi connectivity index (χ0n) is 13.2. The molecule has 0 aliphatic heterocycles. The zero-order valence-corrected chi connectivity index (χ0v) is 13.2. The van der Waals surface area contributed by atoms with E-state index in [1.807, 2.05) is 12.1 Å². The first-order chi connectivity index (χ1) is 10.5. The van der Waals surface area contributed by atoms with Gasteiger partial charge in [-0.05, 0) is 79.5 Å². The summed E-state index contributed by atoms with van der Waals surface area (Å²) in [7, 11) is 0. The summed E-state index contributed by atoms with van der Waals surface area (Å²) in [5.74, 6) is 4.82.